The van der Waals surface area contributed by atoms with Crippen LogP contribution in [0.4, 0.5) is 4.39 Å². The fourth-order valence-corrected chi connectivity index (χ4v) is 2.87. The van der Waals surface area contributed by atoms with Crippen molar-refractivity contribution in [2.75, 3.05) is 0 Å². The first-order valence-electron chi connectivity index (χ1n) is 6.48. The van der Waals surface area contributed by atoms with Crippen LogP contribution in [0.15, 0.2) is 18.2 Å². The van der Waals surface area contributed by atoms with Gasteiger partial charge in [-0.15, -0.1) is 12.4 Å². The van der Waals surface area contributed by atoms with Gasteiger partial charge in [0.05, 0.1) is 17.2 Å². The molecule has 1 aliphatic carbocycles. The predicted octanol–water partition coefficient (Wildman–Crippen LogP) is 3.84. The highest BCUT2D eigenvalue weighted by atomic mass is 35.5. The Labute approximate surface area is 124 Å². The van der Waals surface area contributed by atoms with E-state index in [4.69, 9.17) is 17.3 Å². The second kappa shape index (κ2) is 7.44. The fraction of sp³-hybridized carbons (Fsp3) is 0.571. The molecule has 5 heteroatoms. The van der Waals surface area contributed by atoms with Crippen molar-refractivity contribution in [2.24, 2.45) is 11.7 Å². The predicted molar refractivity (Wildman–Crippen MR) is 78.2 cm³/mol. The summed E-state index contributed by atoms with van der Waals surface area (Å²) in [5, 5.41) is 10.3. The second-order valence-electron chi connectivity index (χ2n) is 5.09. The van der Waals surface area contributed by atoms with E-state index < -0.39 is 18.0 Å². The summed E-state index contributed by atoms with van der Waals surface area (Å²) in [7, 11) is 0. The van der Waals surface area contributed by atoms with Crippen molar-refractivity contribution in [1.29, 1.82) is 0 Å². The number of aliphatic hydroxyl groups is 1. The average Bonchev–Trinajstić information content (AvgIpc) is 2.41. The van der Waals surface area contributed by atoms with E-state index in [0.29, 0.717) is 5.56 Å². The summed E-state index contributed by atoms with van der Waals surface area (Å²) in [5.74, 6) is -0.211. The van der Waals surface area contributed by atoms with Crippen LogP contribution in [-0.2, 0) is 0 Å². The van der Waals surface area contributed by atoms with Crippen LogP contribution in [0.5, 0.6) is 0 Å². The zero-order valence-corrected chi connectivity index (χ0v) is 12.3. The third-order valence-corrected chi connectivity index (χ3v) is 4.12. The Bertz CT molecular complexity index is 410. The molecule has 0 radical (unpaired) electrons. The molecule has 0 spiro atoms. The molecule has 1 fully saturated rings. The zero-order valence-electron chi connectivity index (χ0n) is 10.7. The molecule has 2 rings (SSSR count). The highest BCUT2D eigenvalue weighted by molar-refractivity contribution is 6.30. The molecule has 0 saturated heterocycles. The number of hydrogen-bond acceptors (Lipinski definition) is 2. The van der Waals surface area contributed by atoms with Gasteiger partial charge in [0.15, 0.2) is 0 Å². The molecule has 0 aromatic heterocycles. The summed E-state index contributed by atoms with van der Waals surface area (Å²) in [5.41, 5.74) is 6.75. The molecule has 0 aliphatic heterocycles. The van der Waals surface area contributed by atoms with E-state index in [2.05, 4.69) is 0 Å². The van der Waals surface area contributed by atoms with Crippen molar-refractivity contribution >= 4 is 24.0 Å². The van der Waals surface area contributed by atoms with E-state index >= 15 is 0 Å². The number of halogens is 3. The Morgan fingerprint density at radius 2 is 1.89 bits per heavy atom. The van der Waals surface area contributed by atoms with Crippen LogP contribution in [0.25, 0.3) is 0 Å². The van der Waals surface area contributed by atoms with E-state index in [9.17, 15) is 9.50 Å². The molecule has 2 nitrogen and oxygen atoms in total. The largest absolute Gasteiger partial charge is 0.391 e. The molecular formula is C14H20Cl2FNO. The number of benzene rings is 1. The molecule has 0 bridgehead atoms. The summed E-state index contributed by atoms with van der Waals surface area (Å²) in [6.07, 6.45) is 5.00. The summed E-state index contributed by atoms with van der Waals surface area (Å²) in [6, 6.07) is 3.91. The lowest BCUT2D eigenvalue weighted by Crippen LogP contribution is -2.34. The normalized spacial score (nSPS) is 19.6. The van der Waals surface area contributed by atoms with Crippen LogP contribution >= 0.6 is 24.0 Å². The van der Waals surface area contributed by atoms with Gasteiger partial charge in [0.1, 0.15) is 5.82 Å². The van der Waals surface area contributed by atoms with E-state index in [0.717, 1.165) is 25.7 Å². The molecule has 0 unspecified atom stereocenters. The molecule has 1 aliphatic rings. The van der Waals surface area contributed by atoms with Crippen LogP contribution in [0.2, 0.25) is 5.02 Å². The molecule has 0 heterocycles. The molecule has 2 atom stereocenters. The van der Waals surface area contributed by atoms with Gasteiger partial charge in [0, 0.05) is 0 Å². The van der Waals surface area contributed by atoms with Crippen LogP contribution in [0.3, 0.4) is 0 Å². The molecule has 1 aromatic rings. The van der Waals surface area contributed by atoms with E-state index in [-0.39, 0.29) is 23.3 Å². The first kappa shape index (κ1) is 16.7. The van der Waals surface area contributed by atoms with Gasteiger partial charge < -0.3 is 10.8 Å². The molecule has 1 saturated carbocycles. The average molecular weight is 308 g/mol. The summed E-state index contributed by atoms with van der Waals surface area (Å²) in [4.78, 5) is 0. The SMILES string of the molecule is Cl.N[C@H](c1ccc(F)c(Cl)c1)[C@@H](O)C1CCCCC1. The molecule has 1 aromatic carbocycles. The minimum atomic E-state index is -0.577. The lowest BCUT2D eigenvalue weighted by Gasteiger charge is -2.30. The van der Waals surface area contributed by atoms with Crippen molar-refractivity contribution in [3.8, 4) is 0 Å². The van der Waals surface area contributed by atoms with Crippen LogP contribution < -0.4 is 5.73 Å². The van der Waals surface area contributed by atoms with Crippen LogP contribution in [-0.4, -0.2) is 11.2 Å². The zero-order chi connectivity index (χ0) is 13.1. The Morgan fingerprint density at radius 3 is 2.47 bits per heavy atom. The monoisotopic (exact) mass is 307 g/mol. The standard InChI is InChI=1S/C14H19ClFNO.ClH/c15-11-8-10(6-7-12(11)16)13(17)14(18)9-4-2-1-3-5-9;/h6-9,13-14,18H,1-5,17H2;1H/t13-,14+;/m1./s1. The summed E-state index contributed by atoms with van der Waals surface area (Å²) < 4.78 is 13.1. The Hall–Kier alpha value is -0.350. The van der Waals surface area contributed by atoms with Crippen molar-refractivity contribution < 1.29 is 9.50 Å². The number of aliphatic hydroxyl groups excluding tert-OH is 1. The van der Waals surface area contributed by atoms with Crippen molar-refractivity contribution in [3.05, 3.63) is 34.6 Å². The van der Waals surface area contributed by atoms with Gasteiger partial charge in [-0.2, -0.15) is 0 Å². The van der Waals surface area contributed by atoms with Crippen molar-refractivity contribution in [1.82, 2.24) is 0 Å². The first-order valence-corrected chi connectivity index (χ1v) is 6.86. The Morgan fingerprint density at radius 1 is 1.26 bits per heavy atom. The topological polar surface area (TPSA) is 46.2 Å². The van der Waals surface area contributed by atoms with E-state index in [1.165, 1.54) is 18.6 Å². The lowest BCUT2D eigenvalue weighted by molar-refractivity contribution is 0.0618. The Kier molecular flexibility index (Phi) is 6.54. The van der Waals surface area contributed by atoms with E-state index in [1.807, 2.05) is 0 Å². The first-order chi connectivity index (χ1) is 8.59. The fourth-order valence-electron chi connectivity index (χ4n) is 2.69. The second-order valence-corrected chi connectivity index (χ2v) is 5.50. The van der Waals surface area contributed by atoms with Crippen molar-refractivity contribution in [3.63, 3.8) is 0 Å². The molecular weight excluding hydrogens is 288 g/mol. The van der Waals surface area contributed by atoms with Gasteiger partial charge in [-0.3, -0.25) is 0 Å². The molecule has 108 valence electrons. The number of nitrogens with two attached hydrogens (primary N) is 1. The maximum atomic E-state index is 13.1. The van der Waals surface area contributed by atoms with Crippen LogP contribution in [0.1, 0.15) is 43.7 Å². The lowest BCUT2D eigenvalue weighted by atomic mass is 9.81. The van der Waals surface area contributed by atoms with Gasteiger partial charge in [-0.25, -0.2) is 4.39 Å². The minimum Gasteiger partial charge on any atom is -0.391 e. The quantitative estimate of drug-likeness (QED) is 0.891. The Balaban J connectivity index is 0.00000180. The van der Waals surface area contributed by atoms with Crippen LogP contribution in [0, 0.1) is 11.7 Å². The summed E-state index contributed by atoms with van der Waals surface area (Å²) in [6.45, 7) is 0. The molecule has 0 amide bonds. The maximum absolute atomic E-state index is 13.1. The third-order valence-electron chi connectivity index (χ3n) is 3.83. The molecule has 3 N–H and O–H groups in total. The van der Waals surface area contributed by atoms with E-state index in [1.54, 1.807) is 6.07 Å². The van der Waals surface area contributed by atoms with Gasteiger partial charge in [0.25, 0.3) is 0 Å². The van der Waals surface area contributed by atoms with Gasteiger partial charge in [0.2, 0.25) is 0 Å². The third kappa shape index (κ3) is 4.06. The minimum absolute atomic E-state index is 0. The summed E-state index contributed by atoms with van der Waals surface area (Å²) >= 11 is 5.74. The number of hydrogen-bond donors (Lipinski definition) is 2. The smallest absolute Gasteiger partial charge is 0.141 e. The van der Waals surface area contributed by atoms with Gasteiger partial charge in [-0.05, 0) is 36.5 Å². The molecule has 19 heavy (non-hydrogen) atoms. The maximum Gasteiger partial charge on any atom is 0.141 e. The number of rotatable bonds is 3. The highest BCUT2D eigenvalue weighted by Gasteiger charge is 2.27. The van der Waals surface area contributed by atoms with Gasteiger partial charge >= 0.3 is 0 Å². The highest BCUT2D eigenvalue weighted by Crippen LogP contribution is 2.32. The van der Waals surface area contributed by atoms with Gasteiger partial charge in [-0.1, -0.05) is 36.9 Å². The van der Waals surface area contributed by atoms with Crippen molar-refractivity contribution in [2.45, 2.75) is 44.2 Å².